The highest BCUT2D eigenvalue weighted by Crippen LogP contribution is 2.24. The lowest BCUT2D eigenvalue weighted by molar-refractivity contribution is 0.193. The fraction of sp³-hybridized carbons (Fsp3) is 0.769. The van der Waals surface area contributed by atoms with E-state index in [0.29, 0.717) is 19.1 Å². The number of hydrogen-bond donors (Lipinski definition) is 2. The fourth-order valence-electron chi connectivity index (χ4n) is 2.06. The van der Waals surface area contributed by atoms with Crippen molar-refractivity contribution in [3.63, 3.8) is 0 Å². The summed E-state index contributed by atoms with van der Waals surface area (Å²) in [5.41, 5.74) is 0. The van der Waals surface area contributed by atoms with Crippen molar-refractivity contribution in [2.75, 3.05) is 20.3 Å². The van der Waals surface area contributed by atoms with Crippen LogP contribution in [0, 0.1) is 5.92 Å². The summed E-state index contributed by atoms with van der Waals surface area (Å²) < 4.78 is 4.90. The number of allylic oxidation sites excluding steroid dienone is 1. The van der Waals surface area contributed by atoms with Crippen LogP contribution in [0.1, 0.15) is 38.5 Å². The number of carbonyl (C=O) groups excluding carboxylic acids is 1. The van der Waals surface area contributed by atoms with Gasteiger partial charge in [-0.05, 0) is 25.2 Å². The predicted molar refractivity (Wildman–Crippen MR) is 68.7 cm³/mol. The number of carbonyl (C=O) groups is 1. The van der Waals surface area contributed by atoms with E-state index in [2.05, 4.69) is 16.7 Å². The van der Waals surface area contributed by atoms with Gasteiger partial charge in [-0.25, -0.2) is 4.79 Å². The third-order valence-corrected chi connectivity index (χ3v) is 3.04. The maximum Gasteiger partial charge on any atom is 0.318 e. The van der Waals surface area contributed by atoms with E-state index in [9.17, 15) is 4.79 Å². The van der Waals surface area contributed by atoms with Crippen molar-refractivity contribution in [2.45, 2.75) is 38.5 Å². The van der Waals surface area contributed by atoms with Gasteiger partial charge in [-0.15, -0.1) is 0 Å². The third-order valence-electron chi connectivity index (χ3n) is 3.04. The van der Waals surface area contributed by atoms with E-state index >= 15 is 0 Å². The van der Waals surface area contributed by atoms with Gasteiger partial charge < -0.3 is 15.4 Å². The SMILES string of the molecule is COCCCNC(=O)N/C=C/C1CCCCC1. The van der Waals surface area contributed by atoms with E-state index in [1.807, 2.05) is 0 Å². The van der Waals surface area contributed by atoms with E-state index in [1.165, 1.54) is 32.1 Å². The van der Waals surface area contributed by atoms with Crippen LogP contribution in [-0.4, -0.2) is 26.3 Å². The van der Waals surface area contributed by atoms with Crippen LogP contribution in [0.3, 0.4) is 0 Å². The molecule has 0 heterocycles. The van der Waals surface area contributed by atoms with Gasteiger partial charge in [0.1, 0.15) is 0 Å². The van der Waals surface area contributed by atoms with Crippen molar-refractivity contribution in [3.05, 3.63) is 12.3 Å². The topological polar surface area (TPSA) is 50.4 Å². The van der Waals surface area contributed by atoms with E-state index in [-0.39, 0.29) is 6.03 Å². The van der Waals surface area contributed by atoms with Crippen LogP contribution >= 0.6 is 0 Å². The summed E-state index contributed by atoms with van der Waals surface area (Å²) in [6.07, 6.45) is 11.3. The zero-order valence-electron chi connectivity index (χ0n) is 10.7. The van der Waals surface area contributed by atoms with Gasteiger partial charge in [0.25, 0.3) is 0 Å². The Labute approximate surface area is 104 Å². The minimum Gasteiger partial charge on any atom is -0.385 e. The largest absolute Gasteiger partial charge is 0.385 e. The molecule has 0 aromatic rings. The lowest BCUT2D eigenvalue weighted by Gasteiger charge is -2.17. The molecule has 0 bridgehead atoms. The first kappa shape index (κ1) is 14.0. The summed E-state index contributed by atoms with van der Waals surface area (Å²) >= 11 is 0. The second-order valence-electron chi connectivity index (χ2n) is 4.50. The molecule has 0 saturated heterocycles. The summed E-state index contributed by atoms with van der Waals surface area (Å²) in [7, 11) is 1.66. The highest BCUT2D eigenvalue weighted by Gasteiger charge is 2.09. The van der Waals surface area contributed by atoms with Crippen molar-refractivity contribution in [1.82, 2.24) is 10.6 Å². The van der Waals surface area contributed by atoms with E-state index in [4.69, 9.17) is 4.74 Å². The molecule has 0 spiro atoms. The Hall–Kier alpha value is -1.03. The van der Waals surface area contributed by atoms with Crippen LogP contribution in [0.5, 0.6) is 0 Å². The molecule has 1 saturated carbocycles. The lowest BCUT2D eigenvalue weighted by atomic mass is 9.89. The van der Waals surface area contributed by atoms with Crippen molar-refractivity contribution in [2.24, 2.45) is 5.92 Å². The number of urea groups is 1. The molecular weight excluding hydrogens is 216 g/mol. The van der Waals surface area contributed by atoms with Crippen molar-refractivity contribution < 1.29 is 9.53 Å². The van der Waals surface area contributed by atoms with Gasteiger partial charge >= 0.3 is 6.03 Å². The average molecular weight is 240 g/mol. The standard InChI is InChI=1S/C13H24N2O2/c1-17-11-5-9-14-13(16)15-10-8-12-6-3-2-4-7-12/h8,10,12H,2-7,9,11H2,1H3,(H2,14,15,16)/b10-8+. The molecule has 0 aromatic carbocycles. The normalized spacial score (nSPS) is 17.2. The minimum atomic E-state index is -0.131. The molecule has 0 unspecified atom stereocenters. The predicted octanol–water partition coefficient (Wildman–Crippen LogP) is 2.42. The Morgan fingerprint density at radius 3 is 2.82 bits per heavy atom. The van der Waals surface area contributed by atoms with E-state index in [1.54, 1.807) is 13.3 Å². The molecule has 0 aromatic heterocycles. The molecule has 1 fully saturated rings. The minimum absolute atomic E-state index is 0.131. The molecular formula is C13H24N2O2. The highest BCUT2D eigenvalue weighted by molar-refractivity contribution is 5.74. The summed E-state index contributed by atoms with van der Waals surface area (Å²) in [6.45, 7) is 1.33. The zero-order valence-corrected chi connectivity index (χ0v) is 10.7. The summed E-state index contributed by atoms with van der Waals surface area (Å²) in [6, 6.07) is -0.131. The van der Waals surface area contributed by atoms with Crippen LogP contribution in [-0.2, 0) is 4.74 Å². The highest BCUT2D eigenvalue weighted by atomic mass is 16.5. The molecule has 0 aliphatic heterocycles. The zero-order chi connectivity index (χ0) is 12.3. The fourth-order valence-corrected chi connectivity index (χ4v) is 2.06. The van der Waals surface area contributed by atoms with Crippen LogP contribution in [0.25, 0.3) is 0 Å². The average Bonchev–Trinajstić information content (AvgIpc) is 2.36. The first-order valence-corrected chi connectivity index (χ1v) is 6.53. The molecule has 1 rings (SSSR count). The van der Waals surface area contributed by atoms with Crippen LogP contribution < -0.4 is 10.6 Å². The Morgan fingerprint density at radius 1 is 1.35 bits per heavy atom. The molecule has 98 valence electrons. The molecule has 1 aliphatic rings. The Kier molecular flexibility index (Phi) is 7.47. The summed E-state index contributed by atoms with van der Waals surface area (Å²) in [5.74, 6) is 0.651. The number of rotatable bonds is 6. The summed E-state index contributed by atoms with van der Waals surface area (Å²) in [5, 5.41) is 5.51. The third kappa shape index (κ3) is 7.00. The smallest absolute Gasteiger partial charge is 0.318 e. The van der Waals surface area contributed by atoms with Gasteiger partial charge in [-0.1, -0.05) is 25.3 Å². The first-order chi connectivity index (χ1) is 8.33. The first-order valence-electron chi connectivity index (χ1n) is 6.53. The van der Waals surface area contributed by atoms with E-state index in [0.717, 1.165) is 6.42 Å². The van der Waals surface area contributed by atoms with Gasteiger partial charge in [0.15, 0.2) is 0 Å². The Bertz CT molecular complexity index is 236. The quantitative estimate of drug-likeness (QED) is 0.700. The van der Waals surface area contributed by atoms with Gasteiger partial charge in [0.2, 0.25) is 0 Å². The van der Waals surface area contributed by atoms with Crippen LogP contribution in [0.4, 0.5) is 4.79 Å². The lowest BCUT2D eigenvalue weighted by Crippen LogP contribution is -2.33. The van der Waals surface area contributed by atoms with Gasteiger partial charge in [-0.3, -0.25) is 0 Å². The maximum absolute atomic E-state index is 11.3. The molecule has 0 atom stereocenters. The molecule has 2 amide bonds. The molecule has 1 aliphatic carbocycles. The maximum atomic E-state index is 11.3. The number of hydrogen-bond acceptors (Lipinski definition) is 2. The molecule has 4 heteroatoms. The van der Waals surface area contributed by atoms with E-state index < -0.39 is 0 Å². The van der Waals surface area contributed by atoms with Crippen LogP contribution in [0.15, 0.2) is 12.3 Å². The Morgan fingerprint density at radius 2 is 2.12 bits per heavy atom. The number of ether oxygens (including phenoxy) is 1. The van der Waals surface area contributed by atoms with Crippen LogP contribution in [0.2, 0.25) is 0 Å². The number of nitrogens with one attached hydrogen (secondary N) is 2. The van der Waals surface area contributed by atoms with Gasteiger partial charge in [0.05, 0.1) is 0 Å². The number of amides is 2. The second kappa shape index (κ2) is 9.05. The molecule has 0 radical (unpaired) electrons. The van der Waals surface area contributed by atoms with Crippen molar-refractivity contribution >= 4 is 6.03 Å². The molecule has 4 nitrogen and oxygen atoms in total. The van der Waals surface area contributed by atoms with Crippen molar-refractivity contribution in [1.29, 1.82) is 0 Å². The molecule has 17 heavy (non-hydrogen) atoms. The molecule has 2 N–H and O–H groups in total. The summed E-state index contributed by atoms with van der Waals surface area (Å²) in [4.78, 5) is 11.3. The second-order valence-corrected chi connectivity index (χ2v) is 4.50. The monoisotopic (exact) mass is 240 g/mol. The number of methoxy groups -OCH3 is 1. The van der Waals surface area contributed by atoms with Crippen molar-refractivity contribution in [3.8, 4) is 0 Å². The Balaban J connectivity index is 2.03. The van der Waals surface area contributed by atoms with Gasteiger partial charge in [-0.2, -0.15) is 0 Å². The van der Waals surface area contributed by atoms with Gasteiger partial charge in [0, 0.05) is 26.5 Å².